The molecule has 2 aromatic rings. The van der Waals surface area contributed by atoms with Gasteiger partial charge in [-0.1, -0.05) is 12.1 Å². The number of hydrogen-bond donors (Lipinski definition) is 2. The zero-order valence-corrected chi connectivity index (χ0v) is 11.8. The first kappa shape index (κ1) is 14.9. The lowest BCUT2D eigenvalue weighted by atomic mass is 10.1. The van der Waals surface area contributed by atoms with Crippen molar-refractivity contribution in [2.75, 3.05) is 12.3 Å². The lowest BCUT2D eigenvalue weighted by molar-refractivity contribution is -0.118. The fourth-order valence-electron chi connectivity index (χ4n) is 1.92. The van der Waals surface area contributed by atoms with Crippen molar-refractivity contribution in [2.24, 2.45) is 5.73 Å². The summed E-state index contributed by atoms with van der Waals surface area (Å²) in [4.78, 5) is 24.9. The van der Waals surface area contributed by atoms with Crippen LogP contribution in [0.1, 0.15) is 15.9 Å². The number of amides is 2. The van der Waals surface area contributed by atoms with Crippen LogP contribution in [-0.4, -0.2) is 23.3 Å². The van der Waals surface area contributed by atoms with Gasteiger partial charge >= 0.3 is 0 Å². The second-order valence-electron chi connectivity index (χ2n) is 4.48. The van der Waals surface area contributed by atoms with E-state index in [-0.39, 0.29) is 23.9 Å². The first-order valence-electron chi connectivity index (χ1n) is 6.12. The highest BCUT2D eigenvalue weighted by Gasteiger charge is 2.22. The number of primary amides is 1. The third-order valence-corrected chi connectivity index (χ3v) is 3.10. The summed E-state index contributed by atoms with van der Waals surface area (Å²) in [6.07, 6.45) is 1.30. The average Bonchev–Trinajstić information content (AvgIpc) is 2.83. The second kappa shape index (κ2) is 6.32. The topological polar surface area (TPSA) is 103 Å². The molecule has 0 aliphatic heterocycles. The van der Waals surface area contributed by atoms with E-state index in [0.29, 0.717) is 5.69 Å². The van der Waals surface area contributed by atoms with E-state index < -0.39 is 11.8 Å². The van der Waals surface area contributed by atoms with Gasteiger partial charge in [0.2, 0.25) is 11.1 Å². The van der Waals surface area contributed by atoms with Crippen molar-refractivity contribution in [3.8, 4) is 0 Å². The molecule has 110 valence electrons. The predicted octanol–water partition coefficient (Wildman–Crippen LogP) is 1.64. The van der Waals surface area contributed by atoms with Crippen LogP contribution in [0.15, 0.2) is 41.0 Å². The van der Waals surface area contributed by atoms with Crippen LogP contribution in [-0.2, 0) is 11.3 Å². The molecule has 0 unspecified atom stereocenters. The van der Waals surface area contributed by atoms with E-state index in [2.05, 4.69) is 0 Å². The van der Waals surface area contributed by atoms with Gasteiger partial charge in [-0.2, -0.15) is 0 Å². The standard InChI is InChI=1S/C14H14ClN3O3/c15-13-11(4-5-21-13)14(20)18(8-12(17)19)7-9-2-1-3-10(16)6-9/h1-6H,7-8,16H2,(H2,17,19). The SMILES string of the molecule is NC(=O)CN(Cc1cccc(N)c1)C(=O)c1ccoc1Cl. The minimum atomic E-state index is -0.619. The summed E-state index contributed by atoms with van der Waals surface area (Å²) in [7, 11) is 0. The van der Waals surface area contributed by atoms with Crippen molar-refractivity contribution < 1.29 is 14.0 Å². The summed E-state index contributed by atoms with van der Waals surface area (Å²) < 4.78 is 4.89. The van der Waals surface area contributed by atoms with Gasteiger partial charge in [0.15, 0.2) is 0 Å². The van der Waals surface area contributed by atoms with Crippen molar-refractivity contribution in [3.05, 3.63) is 52.9 Å². The molecule has 0 saturated carbocycles. The molecule has 1 aromatic carbocycles. The number of carbonyl (C=O) groups is 2. The smallest absolute Gasteiger partial charge is 0.259 e. The maximum atomic E-state index is 12.4. The molecule has 1 heterocycles. The van der Waals surface area contributed by atoms with Gasteiger partial charge in [0, 0.05) is 12.2 Å². The molecule has 0 atom stereocenters. The number of rotatable bonds is 5. The molecule has 7 heteroatoms. The summed E-state index contributed by atoms with van der Waals surface area (Å²) in [6, 6.07) is 8.46. The highest BCUT2D eigenvalue weighted by atomic mass is 35.5. The molecule has 0 radical (unpaired) electrons. The molecule has 0 bridgehead atoms. The van der Waals surface area contributed by atoms with E-state index in [1.807, 2.05) is 0 Å². The Kier molecular flexibility index (Phi) is 4.49. The quantitative estimate of drug-likeness (QED) is 0.820. The van der Waals surface area contributed by atoms with Gasteiger partial charge in [-0.05, 0) is 35.4 Å². The maximum Gasteiger partial charge on any atom is 0.259 e. The van der Waals surface area contributed by atoms with Crippen LogP contribution in [0.4, 0.5) is 5.69 Å². The third kappa shape index (κ3) is 3.76. The summed E-state index contributed by atoms with van der Waals surface area (Å²) in [6.45, 7) is -0.0382. The number of carbonyl (C=O) groups excluding carboxylic acids is 2. The number of benzene rings is 1. The fraction of sp³-hybridized carbons (Fsp3) is 0.143. The van der Waals surface area contributed by atoms with Gasteiger partial charge in [0.25, 0.3) is 5.91 Å². The van der Waals surface area contributed by atoms with Crippen LogP contribution in [0, 0.1) is 0 Å². The summed E-state index contributed by atoms with van der Waals surface area (Å²) in [5, 5.41) is -0.0259. The van der Waals surface area contributed by atoms with E-state index in [1.54, 1.807) is 24.3 Å². The molecule has 0 aliphatic rings. The zero-order chi connectivity index (χ0) is 15.4. The van der Waals surface area contributed by atoms with Crippen molar-refractivity contribution in [3.63, 3.8) is 0 Å². The van der Waals surface area contributed by atoms with Gasteiger partial charge in [-0.3, -0.25) is 9.59 Å². The molecular weight excluding hydrogens is 294 g/mol. The van der Waals surface area contributed by atoms with E-state index in [4.69, 9.17) is 27.5 Å². The van der Waals surface area contributed by atoms with E-state index in [0.717, 1.165) is 5.56 Å². The normalized spacial score (nSPS) is 10.3. The van der Waals surface area contributed by atoms with E-state index >= 15 is 0 Å². The minimum absolute atomic E-state index is 0.0259. The molecule has 2 amide bonds. The highest BCUT2D eigenvalue weighted by molar-refractivity contribution is 6.32. The lowest BCUT2D eigenvalue weighted by Crippen LogP contribution is -2.38. The van der Waals surface area contributed by atoms with Crippen LogP contribution >= 0.6 is 11.6 Å². The number of nitrogens with two attached hydrogens (primary N) is 2. The Morgan fingerprint density at radius 1 is 1.29 bits per heavy atom. The minimum Gasteiger partial charge on any atom is -0.452 e. The first-order chi connectivity index (χ1) is 9.97. The molecule has 2 rings (SSSR count). The van der Waals surface area contributed by atoms with Gasteiger partial charge in [0.1, 0.15) is 0 Å². The number of nitrogens with zero attached hydrogens (tertiary/aromatic N) is 1. The van der Waals surface area contributed by atoms with Crippen LogP contribution in [0.25, 0.3) is 0 Å². The molecule has 0 aliphatic carbocycles. The van der Waals surface area contributed by atoms with Crippen LogP contribution in [0.3, 0.4) is 0 Å². The number of hydrogen-bond acceptors (Lipinski definition) is 4. The Morgan fingerprint density at radius 2 is 2.05 bits per heavy atom. The molecule has 6 nitrogen and oxygen atoms in total. The van der Waals surface area contributed by atoms with Gasteiger partial charge in [-0.15, -0.1) is 0 Å². The van der Waals surface area contributed by atoms with Crippen molar-refractivity contribution in [1.82, 2.24) is 4.90 Å². The Morgan fingerprint density at radius 3 is 2.62 bits per heavy atom. The summed E-state index contributed by atoms with van der Waals surface area (Å²) in [5.41, 5.74) is 12.4. The van der Waals surface area contributed by atoms with E-state index in [1.165, 1.54) is 17.2 Å². The third-order valence-electron chi connectivity index (χ3n) is 2.81. The Balaban J connectivity index is 2.24. The van der Waals surface area contributed by atoms with Crippen LogP contribution in [0.5, 0.6) is 0 Å². The average molecular weight is 308 g/mol. The number of anilines is 1. The molecule has 1 aromatic heterocycles. The molecule has 0 fully saturated rings. The van der Waals surface area contributed by atoms with E-state index in [9.17, 15) is 9.59 Å². The number of furan rings is 1. The molecule has 0 saturated heterocycles. The maximum absolute atomic E-state index is 12.4. The van der Waals surface area contributed by atoms with Gasteiger partial charge < -0.3 is 20.8 Å². The Labute approximate surface area is 126 Å². The summed E-state index contributed by atoms with van der Waals surface area (Å²) in [5.74, 6) is -1.05. The largest absolute Gasteiger partial charge is 0.452 e. The molecule has 21 heavy (non-hydrogen) atoms. The van der Waals surface area contributed by atoms with Crippen LogP contribution in [0.2, 0.25) is 5.22 Å². The Hall–Kier alpha value is -2.47. The number of nitrogen functional groups attached to an aromatic ring is 1. The monoisotopic (exact) mass is 307 g/mol. The fourth-order valence-corrected chi connectivity index (χ4v) is 2.11. The Bertz CT molecular complexity index is 669. The summed E-state index contributed by atoms with van der Waals surface area (Å²) >= 11 is 5.79. The van der Waals surface area contributed by atoms with Gasteiger partial charge in [0.05, 0.1) is 18.4 Å². The van der Waals surface area contributed by atoms with Crippen LogP contribution < -0.4 is 11.5 Å². The second-order valence-corrected chi connectivity index (χ2v) is 4.82. The van der Waals surface area contributed by atoms with Crippen molar-refractivity contribution in [2.45, 2.75) is 6.54 Å². The lowest BCUT2D eigenvalue weighted by Gasteiger charge is -2.21. The van der Waals surface area contributed by atoms with Crippen molar-refractivity contribution in [1.29, 1.82) is 0 Å². The molecular formula is C14H14ClN3O3. The molecule has 0 spiro atoms. The first-order valence-corrected chi connectivity index (χ1v) is 6.50. The molecule has 4 N–H and O–H groups in total. The highest BCUT2D eigenvalue weighted by Crippen LogP contribution is 2.20. The van der Waals surface area contributed by atoms with Gasteiger partial charge in [-0.25, -0.2) is 0 Å². The number of halogens is 1. The predicted molar refractivity (Wildman–Crippen MR) is 78.5 cm³/mol. The van der Waals surface area contributed by atoms with Crippen molar-refractivity contribution >= 4 is 29.1 Å². The zero-order valence-electron chi connectivity index (χ0n) is 11.1.